The molecule has 1 aromatic carbocycles. The number of hydrogen-bond acceptors (Lipinski definition) is 1. The van der Waals surface area contributed by atoms with Gasteiger partial charge in [0.25, 0.3) is 0 Å². The van der Waals surface area contributed by atoms with Crippen molar-refractivity contribution < 1.29 is 4.74 Å². The van der Waals surface area contributed by atoms with Crippen molar-refractivity contribution in [3.63, 3.8) is 0 Å². The lowest BCUT2D eigenvalue weighted by molar-refractivity contribution is -0.0527. The molecule has 0 radical (unpaired) electrons. The molecule has 1 fully saturated rings. The monoisotopic (exact) mass is 310 g/mol. The number of hydrogen-bond donors (Lipinski definition) is 0. The minimum absolute atomic E-state index is 0.430. The molecule has 0 aromatic heterocycles. The summed E-state index contributed by atoms with van der Waals surface area (Å²) in [6.45, 7) is 2.24. The van der Waals surface area contributed by atoms with Crippen molar-refractivity contribution in [2.75, 3.05) is 0 Å². The van der Waals surface area contributed by atoms with E-state index in [1.54, 1.807) is 0 Å². The average Bonchev–Trinajstić information content (AvgIpc) is 2.37. The molecule has 2 rings (SSSR count). The molecule has 0 amide bonds. The first-order chi connectivity index (χ1) is 8.78. The maximum Gasteiger partial charge on any atom is 0.0592 e. The predicted octanol–water partition coefficient (Wildman–Crippen LogP) is 4.73. The van der Waals surface area contributed by atoms with Gasteiger partial charge in [0.15, 0.2) is 0 Å². The minimum Gasteiger partial charge on any atom is -0.375 e. The topological polar surface area (TPSA) is 9.23 Å². The summed E-state index contributed by atoms with van der Waals surface area (Å²) in [7, 11) is 0. The summed E-state index contributed by atoms with van der Waals surface area (Å²) in [6, 6.07) is 10.7. The second-order valence-corrected chi connectivity index (χ2v) is 6.56. The van der Waals surface area contributed by atoms with Gasteiger partial charge in [0.2, 0.25) is 0 Å². The first-order valence-corrected chi connectivity index (χ1v) is 8.03. The van der Waals surface area contributed by atoms with Crippen LogP contribution in [0.2, 0.25) is 0 Å². The molecule has 1 aliphatic rings. The quantitative estimate of drug-likeness (QED) is 0.714. The van der Waals surface area contributed by atoms with Crippen molar-refractivity contribution in [3.05, 3.63) is 35.9 Å². The summed E-state index contributed by atoms with van der Waals surface area (Å²) in [4.78, 5) is 0.642. The zero-order chi connectivity index (χ0) is 12.8. The molecule has 0 bridgehead atoms. The molecular formula is C16H23BrO. The third-order valence-corrected chi connectivity index (χ3v) is 4.38. The average molecular weight is 311 g/mol. The van der Waals surface area contributed by atoms with E-state index in [2.05, 4.69) is 53.2 Å². The normalized spacial score (nSPS) is 28.2. The minimum atomic E-state index is 0.430. The van der Waals surface area contributed by atoms with Crippen molar-refractivity contribution in [2.45, 2.75) is 62.5 Å². The van der Waals surface area contributed by atoms with Gasteiger partial charge >= 0.3 is 0 Å². The summed E-state index contributed by atoms with van der Waals surface area (Å²) in [5.41, 5.74) is 1.42. The molecule has 1 aromatic rings. The predicted molar refractivity (Wildman–Crippen MR) is 80.3 cm³/mol. The Balaban J connectivity index is 1.81. The third-order valence-electron chi connectivity index (χ3n) is 3.63. The summed E-state index contributed by atoms with van der Waals surface area (Å²) >= 11 is 3.79. The van der Waals surface area contributed by atoms with Gasteiger partial charge in [-0.15, -0.1) is 0 Å². The fourth-order valence-electron chi connectivity index (χ4n) is 2.72. The highest BCUT2D eigenvalue weighted by molar-refractivity contribution is 9.09. The standard InChI is InChI=1S/C16H23BrO/c1-2-6-15-11-14(17)12-16(18-15)10-9-13-7-4-3-5-8-13/h3-5,7-8,14-16H,2,6,9-12H2,1H3/t14-,15+,16-/m1/s1. The lowest BCUT2D eigenvalue weighted by Gasteiger charge is -2.33. The molecule has 1 saturated heterocycles. The van der Waals surface area contributed by atoms with Crippen LogP contribution in [0.1, 0.15) is 44.6 Å². The van der Waals surface area contributed by atoms with Crippen LogP contribution in [0.25, 0.3) is 0 Å². The highest BCUT2D eigenvalue weighted by Gasteiger charge is 2.27. The van der Waals surface area contributed by atoms with E-state index in [1.807, 2.05) is 0 Å². The van der Waals surface area contributed by atoms with Crippen LogP contribution in [0, 0.1) is 0 Å². The molecule has 0 saturated carbocycles. The Morgan fingerprint density at radius 3 is 2.44 bits per heavy atom. The third kappa shape index (κ3) is 4.40. The molecule has 1 nitrogen and oxygen atoms in total. The molecule has 1 heterocycles. The molecule has 0 aliphatic carbocycles. The van der Waals surface area contributed by atoms with E-state index in [9.17, 15) is 0 Å². The van der Waals surface area contributed by atoms with E-state index in [4.69, 9.17) is 4.74 Å². The Labute approximate surface area is 119 Å². The molecule has 3 atom stereocenters. The van der Waals surface area contributed by atoms with Crippen molar-refractivity contribution in [1.29, 1.82) is 0 Å². The van der Waals surface area contributed by atoms with Crippen LogP contribution < -0.4 is 0 Å². The van der Waals surface area contributed by atoms with E-state index < -0.39 is 0 Å². The SMILES string of the molecule is CCC[C@H]1C[C@@H](Br)C[C@@H](CCc2ccccc2)O1. The van der Waals surface area contributed by atoms with Crippen molar-refractivity contribution in [3.8, 4) is 0 Å². The van der Waals surface area contributed by atoms with Crippen LogP contribution in [0.5, 0.6) is 0 Å². The van der Waals surface area contributed by atoms with Crippen LogP contribution in [-0.2, 0) is 11.2 Å². The van der Waals surface area contributed by atoms with Gasteiger partial charge in [0.1, 0.15) is 0 Å². The molecule has 0 N–H and O–H groups in total. The first-order valence-electron chi connectivity index (χ1n) is 7.11. The number of aryl methyl sites for hydroxylation is 1. The fraction of sp³-hybridized carbons (Fsp3) is 0.625. The lowest BCUT2D eigenvalue weighted by atomic mass is 9.97. The maximum atomic E-state index is 6.19. The van der Waals surface area contributed by atoms with E-state index in [1.165, 1.54) is 24.8 Å². The van der Waals surface area contributed by atoms with Crippen LogP contribution in [0.4, 0.5) is 0 Å². The Hall–Kier alpha value is -0.340. The van der Waals surface area contributed by atoms with Gasteiger partial charge in [-0.1, -0.05) is 59.6 Å². The Kier molecular flexibility index (Phi) is 5.71. The van der Waals surface area contributed by atoms with Crippen LogP contribution >= 0.6 is 15.9 Å². The first kappa shape index (κ1) is 14.1. The molecule has 0 spiro atoms. The van der Waals surface area contributed by atoms with Gasteiger partial charge in [0, 0.05) is 4.83 Å². The number of halogens is 1. The van der Waals surface area contributed by atoms with Crippen molar-refractivity contribution >= 4 is 15.9 Å². The fourth-order valence-corrected chi connectivity index (χ4v) is 3.55. The molecule has 2 heteroatoms. The van der Waals surface area contributed by atoms with Crippen molar-refractivity contribution in [1.82, 2.24) is 0 Å². The largest absolute Gasteiger partial charge is 0.375 e. The van der Waals surface area contributed by atoms with Gasteiger partial charge < -0.3 is 4.74 Å². The molecule has 18 heavy (non-hydrogen) atoms. The van der Waals surface area contributed by atoms with Gasteiger partial charge in [-0.3, -0.25) is 0 Å². The molecule has 1 aliphatic heterocycles. The van der Waals surface area contributed by atoms with Crippen molar-refractivity contribution in [2.24, 2.45) is 0 Å². The maximum absolute atomic E-state index is 6.19. The summed E-state index contributed by atoms with van der Waals surface area (Å²) in [5, 5.41) is 0. The van der Waals surface area contributed by atoms with Gasteiger partial charge in [-0.05, 0) is 37.7 Å². The molecular weight excluding hydrogens is 288 g/mol. The van der Waals surface area contributed by atoms with Gasteiger partial charge in [-0.2, -0.15) is 0 Å². The number of benzene rings is 1. The zero-order valence-electron chi connectivity index (χ0n) is 11.1. The highest BCUT2D eigenvalue weighted by Crippen LogP contribution is 2.29. The Morgan fingerprint density at radius 1 is 1.11 bits per heavy atom. The summed E-state index contributed by atoms with van der Waals surface area (Å²) in [6.07, 6.45) is 7.92. The van der Waals surface area contributed by atoms with E-state index in [-0.39, 0.29) is 0 Å². The van der Waals surface area contributed by atoms with Crippen LogP contribution in [0.3, 0.4) is 0 Å². The second kappa shape index (κ2) is 7.30. The van der Waals surface area contributed by atoms with Crippen LogP contribution in [-0.4, -0.2) is 17.0 Å². The zero-order valence-corrected chi connectivity index (χ0v) is 12.7. The van der Waals surface area contributed by atoms with E-state index in [0.717, 1.165) is 19.3 Å². The highest BCUT2D eigenvalue weighted by atomic mass is 79.9. The van der Waals surface area contributed by atoms with Crippen LogP contribution in [0.15, 0.2) is 30.3 Å². The number of rotatable bonds is 5. The van der Waals surface area contributed by atoms with Gasteiger partial charge in [0.05, 0.1) is 12.2 Å². The summed E-state index contributed by atoms with van der Waals surface area (Å²) < 4.78 is 6.19. The number of alkyl halides is 1. The Morgan fingerprint density at radius 2 is 1.78 bits per heavy atom. The van der Waals surface area contributed by atoms with E-state index in [0.29, 0.717) is 17.0 Å². The van der Waals surface area contributed by atoms with E-state index >= 15 is 0 Å². The Bertz CT molecular complexity index is 338. The lowest BCUT2D eigenvalue weighted by Crippen LogP contribution is -2.33. The number of ether oxygens (including phenoxy) is 1. The molecule has 0 unspecified atom stereocenters. The smallest absolute Gasteiger partial charge is 0.0592 e. The summed E-state index contributed by atoms with van der Waals surface area (Å²) in [5.74, 6) is 0. The van der Waals surface area contributed by atoms with Gasteiger partial charge in [-0.25, -0.2) is 0 Å². The molecule has 100 valence electrons. The second-order valence-electron chi connectivity index (χ2n) is 5.26.